The molecule has 4 rings (SSSR count). The van der Waals surface area contributed by atoms with Gasteiger partial charge >= 0.3 is 6.03 Å². The summed E-state index contributed by atoms with van der Waals surface area (Å²) in [7, 11) is 1.53. The highest BCUT2D eigenvalue weighted by molar-refractivity contribution is 6.16. The average Bonchev–Trinajstić information content (AvgIpc) is 3.08. The number of hydrogen-bond acceptors (Lipinski definition) is 5. The van der Waals surface area contributed by atoms with Crippen molar-refractivity contribution < 1.29 is 14.3 Å². The molecule has 1 unspecified atom stereocenters. The Kier molecular flexibility index (Phi) is 5.11. The van der Waals surface area contributed by atoms with Crippen LogP contribution in [0.15, 0.2) is 40.3 Å². The van der Waals surface area contributed by atoms with Gasteiger partial charge in [-0.1, -0.05) is 18.6 Å². The zero-order valence-corrected chi connectivity index (χ0v) is 16.3. The van der Waals surface area contributed by atoms with E-state index in [0.717, 1.165) is 31.4 Å². The van der Waals surface area contributed by atoms with Gasteiger partial charge in [-0.15, -0.1) is 0 Å². The Balaban J connectivity index is 1.57. The smallest absolute Gasteiger partial charge is 0.324 e. The molecule has 29 heavy (non-hydrogen) atoms. The average molecular weight is 394 g/mol. The predicted octanol–water partition coefficient (Wildman–Crippen LogP) is 3.22. The number of benzene rings is 1. The van der Waals surface area contributed by atoms with Gasteiger partial charge in [-0.2, -0.15) is 14.8 Å². The second-order valence-corrected chi connectivity index (χ2v) is 7.01. The van der Waals surface area contributed by atoms with Gasteiger partial charge in [0.1, 0.15) is 11.6 Å². The van der Waals surface area contributed by atoms with E-state index in [4.69, 9.17) is 4.74 Å². The summed E-state index contributed by atoms with van der Waals surface area (Å²) >= 11 is 0. The first-order valence-electron chi connectivity index (χ1n) is 9.53. The third-order valence-corrected chi connectivity index (χ3v) is 4.95. The number of anilines is 2. The minimum absolute atomic E-state index is 0.184. The lowest BCUT2D eigenvalue weighted by Gasteiger charge is -2.24. The fourth-order valence-corrected chi connectivity index (χ4v) is 3.58. The van der Waals surface area contributed by atoms with Crippen molar-refractivity contribution in [2.75, 3.05) is 17.7 Å². The molecule has 150 valence electrons. The largest absolute Gasteiger partial charge is 0.495 e. The van der Waals surface area contributed by atoms with Crippen LogP contribution >= 0.6 is 0 Å². The lowest BCUT2D eigenvalue weighted by molar-refractivity contribution is -0.120. The molecule has 1 fully saturated rings. The van der Waals surface area contributed by atoms with Gasteiger partial charge in [0.25, 0.3) is 11.9 Å². The number of amides is 3. The number of carbonyl (C=O) groups is 2. The van der Waals surface area contributed by atoms with Crippen molar-refractivity contribution in [2.45, 2.75) is 32.6 Å². The highest BCUT2D eigenvalue weighted by Gasteiger charge is 2.32. The number of nitrogens with zero attached hydrogens (tertiary/aromatic N) is 4. The highest BCUT2D eigenvalue weighted by Crippen LogP contribution is 2.27. The normalized spacial score (nSPS) is 18.4. The third-order valence-electron chi connectivity index (χ3n) is 4.95. The maximum Gasteiger partial charge on any atom is 0.324 e. The molecule has 9 nitrogen and oxygen atoms in total. The molecule has 0 spiro atoms. The van der Waals surface area contributed by atoms with Gasteiger partial charge in [0.05, 0.1) is 24.4 Å². The standard InChI is InChI=1S/C20H22N6O3/c1-12-11-17(23-20(28)22-15-9-5-6-10-16(15)29-2)26(25-12)19-21-14-8-4-3-7-13(14)18(27)24-19/h5-6,9-11,13H,3-4,7-8H2,1-2H3,(H2,22,23,28). The molecule has 1 atom stereocenters. The number of aliphatic imine (C=N–C) groups is 2. The van der Waals surface area contributed by atoms with E-state index in [9.17, 15) is 9.59 Å². The summed E-state index contributed by atoms with van der Waals surface area (Å²) in [6.45, 7) is 1.79. The van der Waals surface area contributed by atoms with Gasteiger partial charge in [-0.3, -0.25) is 10.1 Å². The molecule has 2 aliphatic rings. The van der Waals surface area contributed by atoms with E-state index in [-0.39, 0.29) is 17.8 Å². The van der Waals surface area contributed by atoms with Crippen molar-refractivity contribution in [3.8, 4) is 5.75 Å². The van der Waals surface area contributed by atoms with Crippen LogP contribution in [0.3, 0.4) is 0 Å². The Morgan fingerprint density at radius 3 is 2.86 bits per heavy atom. The van der Waals surface area contributed by atoms with E-state index in [2.05, 4.69) is 25.7 Å². The van der Waals surface area contributed by atoms with Gasteiger partial charge in [0, 0.05) is 11.8 Å². The van der Waals surface area contributed by atoms with E-state index in [1.807, 2.05) is 6.07 Å². The fraction of sp³-hybridized carbons (Fsp3) is 0.350. The molecule has 0 saturated heterocycles. The van der Waals surface area contributed by atoms with Gasteiger partial charge < -0.3 is 10.1 Å². The molecule has 2 heterocycles. The molecular weight excluding hydrogens is 372 g/mol. The topological polar surface area (TPSA) is 110 Å². The summed E-state index contributed by atoms with van der Waals surface area (Å²) in [5.74, 6) is 0.699. The number of ether oxygens (including phenoxy) is 1. The van der Waals surface area contributed by atoms with Crippen molar-refractivity contribution in [2.24, 2.45) is 15.9 Å². The maximum atomic E-state index is 12.5. The Labute approximate surface area is 167 Å². The molecule has 2 N–H and O–H groups in total. The monoisotopic (exact) mass is 394 g/mol. The molecule has 1 aromatic heterocycles. The molecule has 1 aliphatic carbocycles. The third kappa shape index (κ3) is 3.89. The zero-order chi connectivity index (χ0) is 20.4. The number of nitrogens with one attached hydrogen (secondary N) is 2. The molecule has 9 heteroatoms. The minimum atomic E-state index is -0.471. The summed E-state index contributed by atoms with van der Waals surface area (Å²) < 4.78 is 6.64. The highest BCUT2D eigenvalue weighted by atomic mass is 16.5. The van der Waals surface area contributed by atoms with Crippen LogP contribution in [0.2, 0.25) is 0 Å². The molecule has 2 aromatic rings. The van der Waals surface area contributed by atoms with Gasteiger partial charge in [-0.25, -0.2) is 9.79 Å². The van der Waals surface area contributed by atoms with Crippen molar-refractivity contribution in [1.29, 1.82) is 0 Å². The molecule has 1 aliphatic heterocycles. The molecule has 0 bridgehead atoms. The minimum Gasteiger partial charge on any atom is -0.495 e. The summed E-state index contributed by atoms with van der Waals surface area (Å²) in [5, 5.41) is 9.85. The lowest BCUT2D eigenvalue weighted by Crippen LogP contribution is -2.34. The number of carbonyl (C=O) groups excluding carboxylic acids is 2. The Morgan fingerprint density at radius 1 is 1.21 bits per heavy atom. The fourth-order valence-electron chi connectivity index (χ4n) is 3.58. The Morgan fingerprint density at radius 2 is 2.03 bits per heavy atom. The second-order valence-electron chi connectivity index (χ2n) is 7.01. The Bertz CT molecular complexity index is 1020. The van der Waals surface area contributed by atoms with E-state index in [1.165, 1.54) is 11.8 Å². The summed E-state index contributed by atoms with van der Waals surface area (Å²) in [4.78, 5) is 33.7. The quantitative estimate of drug-likeness (QED) is 0.833. The second kappa shape index (κ2) is 7.86. The summed E-state index contributed by atoms with van der Waals surface area (Å²) in [6, 6.07) is 8.33. The van der Waals surface area contributed by atoms with Gasteiger partial charge in [0.2, 0.25) is 0 Å². The summed E-state index contributed by atoms with van der Waals surface area (Å²) in [5.41, 5.74) is 2.05. The van der Waals surface area contributed by atoms with Crippen LogP contribution in [-0.4, -0.2) is 40.5 Å². The van der Waals surface area contributed by atoms with Gasteiger partial charge in [-0.05, 0) is 38.3 Å². The molecule has 1 aromatic carbocycles. The maximum absolute atomic E-state index is 12.5. The van der Waals surface area contributed by atoms with E-state index < -0.39 is 6.03 Å². The van der Waals surface area contributed by atoms with Crippen molar-refractivity contribution in [3.63, 3.8) is 0 Å². The number of hydrogen-bond donors (Lipinski definition) is 2. The molecule has 0 radical (unpaired) electrons. The van der Waals surface area contributed by atoms with E-state index in [1.54, 1.807) is 31.2 Å². The number of methoxy groups -OCH3 is 1. The number of urea groups is 1. The number of rotatable bonds is 3. The summed E-state index contributed by atoms with van der Waals surface area (Å²) in [6.07, 6.45) is 3.60. The number of fused-ring (bicyclic) bond motifs is 1. The van der Waals surface area contributed by atoms with Crippen LogP contribution in [0.1, 0.15) is 31.4 Å². The molecule has 3 amide bonds. The van der Waals surface area contributed by atoms with Crippen LogP contribution in [-0.2, 0) is 4.79 Å². The zero-order valence-electron chi connectivity index (χ0n) is 16.3. The van der Waals surface area contributed by atoms with Crippen LogP contribution in [0, 0.1) is 12.8 Å². The van der Waals surface area contributed by atoms with Crippen LogP contribution in [0.4, 0.5) is 16.3 Å². The van der Waals surface area contributed by atoms with Crippen LogP contribution < -0.4 is 15.4 Å². The molecular formula is C20H22N6O3. The first-order valence-corrected chi connectivity index (χ1v) is 9.53. The van der Waals surface area contributed by atoms with Crippen molar-refractivity contribution in [3.05, 3.63) is 36.0 Å². The Hall–Kier alpha value is -3.49. The van der Waals surface area contributed by atoms with E-state index >= 15 is 0 Å². The van der Waals surface area contributed by atoms with Gasteiger partial charge in [0.15, 0.2) is 0 Å². The molecule has 1 saturated carbocycles. The number of para-hydroxylation sites is 2. The number of aromatic nitrogens is 2. The van der Waals surface area contributed by atoms with Crippen LogP contribution in [0.25, 0.3) is 0 Å². The SMILES string of the molecule is COc1ccccc1NC(=O)Nc1cc(C)nn1C1=NC(=O)C2CCCCC2=N1. The lowest BCUT2D eigenvalue weighted by atomic mass is 9.86. The van der Waals surface area contributed by atoms with Crippen LogP contribution in [0.5, 0.6) is 5.75 Å². The predicted molar refractivity (Wildman–Crippen MR) is 110 cm³/mol. The van der Waals surface area contributed by atoms with Crippen molar-refractivity contribution >= 4 is 35.1 Å². The number of aryl methyl sites for hydroxylation is 1. The van der Waals surface area contributed by atoms with Crippen molar-refractivity contribution in [1.82, 2.24) is 9.78 Å². The first kappa shape index (κ1) is 18.9. The first-order chi connectivity index (χ1) is 14.0. The van der Waals surface area contributed by atoms with E-state index in [0.29, 0.717) is 22.9 Å².